The average molecular weight is 348 g/mol. The van der Waals surface area contributed by atoms with Gasteiger partial charge in [0.05, 0.1) is 15.1 Å². The van der Waals surface area contributed by atoms with Crippen molar-refractivity contribution < 1.29 is 8.42 Å². The molecule has 1 heterocycles. The maximum atomic E-state index is 12.5. The van der Waals surface area contributed by atoms with E-state index in [0.29, 0.717) is 16.9 Å². The molecule has 0 aliphatic heterocycles. The second-order valence-electron chi connectivity index (χ2n) is 5.21. The molecule has 0 saturated carbocycles. The van der Waals surface area contributed by atoms with Crippen LogP contribution >= 0.6 is 11.3 Å². The minimum atomic E-state index is -3.68. The van der Waals surface area contributed by atoms with Crippen molar-refractivity contribution in [2.45, 2.75) is 25.3 Å². The smallest absolute Gasteiger partial charge is 0.299 e. The lowest BCUT2D eigenvalue weighted by Crippen LogP contribution is -2.13. The molecule has 2 aromatic carbocycles. The summed E-state index contributed by atoms with van der Waals surface area (Å²) in [5.74, 6) is 0. The van der Waals surface area contributed by atoms with Crippen LogP contribution in [0.15, 0.2) is 52.2 Å². The number of benzene rings is 2. The molecule has 120 valence electrons. The lowest BCUT2D eigenvalue weighted by Gasteiger charge is -2.08. The quantitative estimate of drug-likeness (QED) is 0.787. The summed E-state index contributed by atoms with van der Waals surface area (Å²) in [7, 11) is -3.68. The van der Waals surface area contributed by atoms with E-state index in [1.165, 1.54) is 6.07 Å². The van der Waals surface area contributed by atoms with Gasteiger partial charge in [0.15, 0.2) is 0 Å². The monoisotopic (exact) mass is 348 g/mol. The van der Waals surface area contributed by atoms with Crippen LogP contribution < -0.4 is 9.60 Å². The molecular formula is C16H16N2O3S2. The van der Waals surface area contributed by atoms with Crippen molar-refractivity contribution in [2.24, 2.45) is 0 Å². The molecule has 5 nitrogen and oxygen atoms in total. The zero-order valence-corrected chi connectivity index (χ0v) is 14.4. The van der Waals surface area contributed by atoms with E-state index in [2.05, 4.69) is 4.72 Å². The van der Waals surface area contributed by atoms with Crippen molar-refractivity contribution in [1.82, 2.24) is 4.57 Å². The molecule has 0 atom stereocenters. The highest BCUT2D eigenvalue weighted by atomic mass is 32.2. The Morgan fingerprint density at radius 1 is 1.13 bits per heavy atom. The molecule has 0 saturated heterocycles. The summed E-state index contributed by atoms with van der Waals surface area (Å²) in [6.07, 6.45) is 0. The molecule has 0 unspecified atom stereocenters. The number of sulfonamides is 1. The number of fused-ring (bicyclic) bond motifs is 1. The first-order valence-electron chi connectivity index (χ1n) is 7.13. The normalized spacial score (nSPS) is 11.7. The molecule has 1 aromatic heterocycles. The van der Waals surface area contributed by atoms with E-state index < -0.39 is 10.0 Å². The van der Waals surface area contributed by atoms with Gasteiger partial charge in [0.1, 0.15) is 0 Å². The van der Waals surface area contributed by atoms with Crippen LogP contribution in [0.4, 0.5) is 5.69 Å². The summed E-state index contributed by atoms with van der Waals surface area (Å²) in [5.41, 5.74) is 2.33. The Kier molecular flexibility index (Phi) is 3.99. The van der Waals surface area contributed by atoms with Crippen molar-refractivity contribution in [2.75, 3.05) is 4.72 Å². The van der Waals surface area contributed by atoms with E-state index in [9.17, 15) is 13.2 Å². The van der Waals surface area contributed by atoms with Gasteiger partial charge in [-0.05, 0) is 44.2 Å². The summed E-state index contributed by atoms with van der Waals surface area (Å²) in [5, 5.41) is 0. The fraction of sp³-hybridized carbons (Fsp3) is 0.188. The Labute approximate surface area is 138 Å². The number of aryl methyl sites for hydroxylation is 2. The highest BCUT2D eigenvalue weighted by Gasteiger charge is 2.16. The second kappa shape index (κ2) is 5.82. The SMILES string of the molecule is CCn1c(=O)sc2cc(S(=O)(=O)Nc3ccc(C)cc3)ccc21. The third kappa shape index (κ3) is 3.02. The number of rotatable bonds is 4. The summed E-state index contributed by atoms with van der Waals surface area (Å²) >= 11 is 1.06. The highest BCUT2D eigenvalue weighted by Crippen LogP contribution is 2.23. The van der Waals surface area contributed by atoms with Crippen LogP contribution in [-0.4, -0.2) is 13.0 Å². The fourth-order valence-corrected chi connectivity index (χ4v) is 4.50. The van der Waals surface area contributed by atoms with E-state index >= 15 is 0 Å². The van der Waals surface area contributed by atoms with E-state index in [0.717, 1.165) is 22.4 Å². The molecule has 0 fully saturated rings. The van der Waals surface area contributed by atoms with E-state index in [4.69, 9.17) is 0 Å². The number of hydrogen-bond donors (Lipinski definition) is 1. The molecule has 3 aromatic rings. The number of nitrogens with zero attached hydrogens (tertiary/aromatic N) is 1. The summed E-state index contributed by atoms with van der Waals surface area (Å²) in [6, 6.07) is 11.9. The Morgan fingerprint density at radius 3 is 2.48 bits per heavy atom. The van der Waals surface area contributed by atoms with Crippen molar-refractivity contribution in [1.29, 1.82) is 0 Å². The van der Waals surface area contributed by atoms with Crippen LogP contribution in [0.1, 0.15) is 12.5 Å². The van der Waals surface area contributed by atoms with Gasteiger partial charge in [0.25, 0.3) is 10.0 Å². The number of nitrogens with one attached hydrogen (secondary N) is 1. The molecule has 7 heteroatoms. The van der Waals surface area contributed by atoms with E-state index in [1.54, 1.807) is 28.8 Å². The fourth-order valence-electron chi connectivity index (χ4n) is 2.35. The standard InChI is InChI=1S/C16H16N2O3S2/c1-3-18-14-9-8-13(10-15(14)22-16(18)19)23(20,21)17-12-6-4-11(2)5-7-12/h4-10,17H,3H2,1-2H3. The maximum Gasteiger partial charge on any atom is 0.308 e. The molecular weight excluding hydrogens is 332 g/mol. The van der Waals surface area contributed by atoms with Gasteiger partial charge < -0.3 is 0 Å². The molecule has 1 N–H and O–H groups in total. The Bertz CT molecular complexity index is 1020. The predicted molar refractivity (Wildman–Crippen MR) is 93.7 cm³/mol. The molecule has 3 rings (SSSR count). The van der Waals surface area contributed by atoms with Crippen molar-refractivity contribution in [3.05, 3.63) is 57.7 Å². The van der Waals surface area contributed by atoms with Gasteiger partial charge in [-0.2, -0.15) is 0 Å². The average Bonchev–Trinajstić information content (AvgIpc) is 2.83. The van der Waals surface area contributed by atoms with Gasteiger partial charge in [-0.1, -0.05) is 29.0 Å². The summed E-state index contributed by atoms with van der Waals surface area (Å²) in [6.45, 7) is 4.39. The van der Waals surface area contributed by atoms with Crippen molar-refractivity contribution >= 4 is 37.3 Å². The molecule has 0 aliphatic carbocycles. The maximum absolute atomic E-state index is 12.5. The summed E-state index contributed by atoms with van der Waals surface area (Å²) in [4.78, 5) is 11.9. The Balaban J connectivity index is 2.01. The summed E-state index contributed by atoms with van der Waals surface area (Å²) < 4.78 is 29.9. The molecule has 23 heavy (non-hydrogen) atoms. The first-order valence-corrected chi connectivity index (χ1v) is 9.43. The molecule has 0 amide bonds. The first kappa shape index (κ1) is 15.8. The van der Waals surface area contributed by atoms with Gasteiger partial charge in [-0.3, -0.25) is 14.1 Å². The zero-order chi connectivity index (χ0) is 16.6. The van der Waals surface area contributed by atoms with E-state index in [1.807, 2.05) is 26.0 Å². The minimum absolute atomic E-state index is 0.0801. The van der Waals surface area contributed by atoms with Crippen LogP contribution in [0.25, 0.3) is 10.2 Å². The van der Waals surface area contributed by atoms with Crippen LogP contribution in [0, 0.1) is 6.92 Å². The topological polar surface area (TPSA) is 68.2 Å². The third-order valence-corrected chi connectivity index (χ3v) is 5.89. The second-order valence-corrected chi connectivity index (χ2v) is 7.89. The molecule has 0 aliphatic rings. The van der Waals surface area contributed by atoms with Crippen molar-refractivity contribution in [3.8, 4) is 0 Å². The van der Waals surface area contributed by atoms with Gasteiger partial charge in [0.2, 0.25) is 0 Å². The van der Waals surface area contributed by atoms with Gasteiger partial charge in [0, 0.05) is 12.2 Å². The van der Waals surface area contributed by atoms with Crippen LogP contribution in [0.5, 0.6) is 0 Å². The first-order chi connectivity index (χ1) is 10.9. The van der Waals surface area contributed by atoms with Crippen LogP contribution in [-0.2, 0) is 16.6 Å². The highest BCUT2D eigenvalue weighted by molar-refractivity contribution is 7.92. The molecule has 0 radical (unpaired) electrons. The molecule has 0 bridgehead atoms. The number of aromatic nitrogens is 1. The Morgan fingerprint density at radius 2 is 1.83 bits per heavy atom. The minimum Gasteiger partial charge on any atom is -0.299 e. The lowest BCUT2D eigenvalue weighted by molar-refractivity contribution is 0.601. The third-order valence-electron chi connectivity index (χ3n) is 3.57. The zero-order valence-electron chi connectivity index (χ0n) is 12.7. The lowest BCUT2D eigenvalue weighted by atomic mass is 10.2. The predicted octanol–water partition coefficient (Wildman–Crippen LogP) is 3.19. The van der Waals surface area contributed by atoms with E-state index in [-0.39, 0.29) is 9.77 Å². The van der Waals surface area contributed by atoms with Gasteiger partial charge in [-0.25, -0.2) is 8.42 Å². The van der Waals surface area contributed by atoms with Gasteiger partial charge in [-0.15, -0.1) is 0 Å². The van der Waals surface area contributed by atoms with Crippen LogP contribution in [0.2, 0.25) is 0 Å². The number of hydrogen-bond acceptors (Lipinski definition) is 4. The van der Waals surface area contributed by atoms with Gasteiger partial charge >= 0.3 is 4.87 Å². The largest absolute Gasteiger partial charge is 0.308 e. The Hall–Kier alpha value is -2.12. The number of anilines is 1. The number of thiazole rings is 1. The van der Waals surface area contributed by atoms with Crippen molar-refractivity contribution in [3.63, 3.8) is 0 Å². The van der Waals surface area contributed by atoms with Crippen LogP contribution in [0.3, 0.4) is 0 Å². The molecule has 0 spiro atoms.